The molecule has 134 valence electrons. The summed E-state index contributed by atoms with van der Waals surface area (Å²) in [4.78, 5) is 24.4. The van der Waals surface area contributed by atoms with Crippen LogP contribution in [0.5, 0.6) is 0 Å². The molecule has 1 aliphatic rings. The fourth-order valence-electron chi connectivity index (χ4n) is 3.34. The first-order valence-corrected chi connectivity index (χ1v) is 10.3. The third-order valence-corrected chi connectivity index (χ3v) is 7.52. The van der Waals surface area contributed by atoms with Crippen molar-refractivity contribution in [3.8, 4) is 0 Å². The Labute approximate surface area is 143 Å². The van der Waals surface area contributed by atoms with Crippen LogP contribution in [0.2, 0.25) is 0 Å². The number of carboxylic acid groups (broad SMARTS) is 1. The number of nitrogens with zero attached hydrogens (tertiary/aromatic N) is 1. The Morgan fingerprint density at radius 2 is 1.96 bits per heavy atom. The van der Waals surface area contributed by atoms with E-state index in [1.165, 1.54) is 0 Å². The van der Waals surface area contributed by atoms with E-state index >= 15 is 0 Å². The van der Waals surface area contributed by atoms with Crippen LogP contribution in [0.15, 0.2) is 30.3 Å². The average Bonchev–Trinajstić information content (AvgIpc) is 2.55. The number of carbonyl (C=O) groups is 1. The summed E-state index contributed by atoms with van der Waals surface area (Å²) < 4.78 is 12.7. The smallest absolute Gasteiger partial charge is 0.320 e. The first-order valence-electron chi connectivity index (χ1n) is 8.43. The van der Waals surface area contributed by atoms with Crippen LogP contribution in [0.1, 0.15) is 31.2 Å². The quantitative estimate of drug-likeness (QED) is 0.488. The molecule has 0 spiro atoms. The predicted octanol–water partition coefficient (Wildman–Crippen LogP) is 2.12. The highest BCUT2D eigenvalue weighted by Gasteiger charge is 2.56. The zero-order valence-corrected chi connectivity index (χ0v) is 14.8. The van der Waals surface area contributed by atoms with E-state index in [0.717, 1.165) is 18.4 Å². The third kappa shape index (κ3) is 4.25. The van der Waals surface area contributed by atoms with Crippen molar-refractivity contribution in [2.45, 2.75) is 37.4 Å². The van der Waals surface area contributed by atoms with Crippen LogP contribution in [-0.4, -0.2) is 51.8 Å². The van der Waals surface area contributed by atoms with Gasteiger partial charge in [0.25, 0.3) is 0 Å². The van der Waals surface area contributed by atoms with Crippen molar-refractivity contribution in [1.82, 2.24) is 4.90 Å². The van der Waals surface area contributed by atoms with Crippen molar-refractivity contribution in [3.63, 3.8) is 0 Å². The number of aliphatic carboxylic acids is 1. The van der Waals surface area contributed by atoms with Gasteiger partial charge in [0.05, 0.1) is 0 Å². The van der Waals surface area contributed by atoms with E-state index in [1.54, 1.807) is 0 Å². The highest BCUT2D eigenvalue weighted by Crippen LogP contribution is 2.59. The monoisotopic (exact) mass is 354 g/mol. The largest absolute Gasteiger partial charge is 0.480 e. The maximum absolute atomic E-state index is 12.7. The maximum atomic E-state index is 12.7. The van der Waals surface area contributed by atoms with Gasteiger partial charge in [-0.25, -0.2) is 0 Å². The average molecular weight is 354 g/mol. The molecule has 4 N–H and O–H groups in total. The van der Waals surface area contributed by atoms with Gasteiger partial charge >= 0.3 is 5.97 Å². The van der Waals surface area contributed by atoms with E-state index in [0.29, 0.717) is 26.1 Å². The van der Waals surface area contributed by atoms with E-state index in [-0.39, 0.29) is 19.1 Å². The van der Waals surface area contributed by atoms with Crippen LogP contribution in [0.4, 0.5) is 0 Å². The normalized spacial score (nSPS) is 27.9. The first-order chi connectivity index (χ1) is 11.4. The predicted molar refractivity (Wildman–Crippen MR) is 94.3 cm³/mol. The van der Waals surface area contributed by atoms with Crippen molar-refractivity contribution in [1.29, 1.82) is 0 Å². The topological polar surface area (TPSA) is 104 Å². The first kappa shape index (κ1) is 19.1. The number of rotatable bonds is 8. The van der Waals surface area contributed by atoms with Gasteiger partial charge in [-0.3, -0.25) is 14.3 Å². The molecule has 2 unspecified atom stereocenters. The van der Waals surface area contributed by atoms with Gasteiger partial charge in [-0.05, 0) is 24.9 Å². The molecule has 7 heteroatoms. The lowest BCUT2D eigenvalue weighted by atomic mass is 9.98. The minimum absolute atomic E-state index is 0.0308. The molecule has 2 atom stereocenters. The molecule has 0 radical (unpaired) electrons. The van der Waals surface area contributed by atoms with Gasteiger partial charge in [-0.15, -0.1) is 0 Å². The molecule has 6 nitrogen and oxygen atoms in total. The molecule has 24 heavy (non-hydrogen) atoms. The van der Waals surface area contributed by atoms with Gasteiger partial charge in [0.2, 0.25) is 7.37 Å². The second-order valence-corrected chi connectivity index (χ2v) is 9.26. The number of hydrogen-bond donors (Lipinski definition) is 3. The summed E-state index contributed by atoms with van der Waals surface area (Å²) in [6.45, 7) is 1.71. The molecule has 1 fully saturated rings. The number of benzene rings is 1. The van der Waals surface area contributed by atoms with Crippen molar-refractivity contribution in [2.75, 3.05) is 25.8 Å². The van der Waals surface area contributed by atoms with Crippen molar-refractivity contribution in [3.05, 3.63) is 35.9 Å². The Morgan fingerprint density at radius 3 is 2.58 bits per heavy atom. The van der Waals surface area contributed by atoms with Crippen molar-refractivity contribution in [2.24, 2.45) is 5.73 Å². The summed E-state index contributed by atoms with van der Waals surface area (Å²) in [5, 5.41) is 8.22. The summed E-state index contributed by atoms with van der Waals surface area (Å²) in [6.07, 6.45) is 2.45. The minimum atomic E-state index is -3.75. The Hall–Kier alpha value is -1.20. The Kier molecular flexibility index (Phi) is 6.58. The van der Waals surface area contributed by atoms with E-state index < -0.39 is 18.5 Å². The maximum Gasteiger partial charge on any atom is 0.320 e. The molecule has 0 bridgehead atoms. The van der Waals surface area contributed by atoms with Crippen LogP contribution >= 0.6 is 7.37 Å². The summed E-state index contributed by atoms with van der Waals surface area (Å²) in [5.41, 5.74) is 6.55. The fourth-order valence-corrected chi connectivity index (χ4v) is 5.55. The molecule has 0 saturated carbocycles. The number of carboxylic acids is 1. The van der Waals surface area contributed by atoms with Crippen LogP contribution < -0.4 is 5.73 Å². The SMILES string of the molecule is NCCCCCC1(C(=O)O)CN(Cc2ccccc2)CCP1(=O)O. The molecular formula is C17H27N2O4P. The molecule has 0 aromatic heterocycles. The van der Waals surface area contributed by atoms with Gasteiger partial charge in [0, 0.05) is 25.8 Å². The molecule has 2 rings (SSSR count). The number of nitrogens with two attached hydrogens (primary N) is 1. The highest BCUT2D eigenvalue weighted by atomic mass is 31.2. The summed E-state index contributed by atoms with van der Waals surface area (Å²) in [7, 11) is -3.75. The molecule has 1 aromatic carbocycles. The highest BCUT2D eigenvalue weighted by molar-refractivity contribution is 7.61. The molecule has 0 aliphatic carbocycles. The zero-order chi connectivity index (χ0) is 17.6. The number of unbranched alkanes of at least 4 members (excludes halogenated alkanes) is 2. The minimum Gasteiger partial charge on any atom is -0.480 e. The molecule has 1 aliphatic heterocycles. The lowest BCUT2D eigenvalue weighted by molar-refractivity contribution is -0.141. The van der Waals surface area contributed by atoms with Gasteiger partial charge in [0.15, 0.2) is 5.16 Å². The summed E-state index contributed by atoms with van der Waals surface area (Å²) >= 11 is 0. The second kappa shape index (κ2) is 8.26. The Morgan fingerprint density at radius 1 is 1.25 bits per heavy atom. The van der Waals surface area contributed by atoms with Crippen LogP contribution in [0, 0.1) is 0 Å². The number of hydrogen-bond acceptors (Lipinski definition) is 4. The van der Waals surface area contributed by atoms with Gasteiger partial charge < -0.3 is 15.7 Å². The summed E-state index contributed by atoms with van der Waals surface area (Å²) in [5.74, 6) is -1.15. The van der Waals surface area contributed by atoms with E-state index in [9.17, 15) is 19.4 Å². The van der Waals surface area contributed by atoms with E-state index in [1.807, 2.05) is 35.2 Å². The lowest BCUT2D eigenvalue weighted by Gasteiger charge is -2.43. The van der Waals surface area contributed by atoms with Crippen LogP contribution in [-0.2, 0) is 15.9 Å². The lowest BCUT2D eigenvalue weighted by Crippen LogP contribution is -2.53. The Balaban J connectivity index is 2.14. The van der Waals surface area contributed by atoms with Crippen molar-refractivity contribution >= 4 is 13.3 Å². The van der Waals surface area contributed by atoms with E-state index in [2.05, 4.69) is 0 Å². The molecule has 0 amide bonds. The zero-order valence-electron chi connectivity index (χ0n) is 13.9. The Bertz CT molecular complexity index is 596. The summed E-state index contributed by atoms with van der Waals surface area (Å²) in [6, 6.07) is 9.77. The third-order valence-electron chi connectivity index (χ3n) is 4.81. The molecular weight excluding hydrogens is 327 g/mol. The standard InChI is InChI=1S/C17H27N2O4P/c18-10-6-2-5-9-17(16(20)21)14-19(11-12-24(17,22)23)13-15-7-3-1-4-8-15/h1,3-4,7-8H,2,5-6,9-14,18H2,(H,20,21)(H,22,23). The van der Waals surface area contributed by atoms with Crippen LogP contribution in [0.3, 0.4) is 0 Å². The van der Waals surface area contributed by atoms with Gasteiger partial charge in [-0.1, -0.05) is 43.2 Å². The molecule has 1 aromatic rings. The van der Waals surface area contributed by atoms with Crippen LogP contribution in [0.25, 0.3) is 0 Å². The van der Waals surface area contributed by atoms with Gasteiger partial charge in [0.1, 0.15) is 0 Å². The fraction of sp³-hybridized carbons (Fsp3) is 0.588. The van der Waals surface area contributed by atoms with Gasteiger partial charge in [-0.2, -0.15) is 0 Å². The van der Waals surface area contributed by atoms with E-state index in [4.69, 9.17) is 5.73 Å². The molecule has 1 saturated heterocycles. The van der Waals surface area contributed by atoms with Crippen molar-refractivity contribution < 1.29 is 19.4 Å². The molecule has 1 heterocycles. The second-order valence-electron chi connectivity index (χ2n) is 6.56.